The minimum Gasteiger partial charge on any atom is -0.340 e. The normalized spacial score (nSPS) is 12.2. The molecule has 0 N–H and O–H groups in total. The van der Waals surface area contributed by atoms with E-state index in [0.29, 0.717) is 6.54 Å². The van der Waals surface area contributed by atoms with Gasteiger partial charge in [0.15, 0.2) is 0 Å². The van der Waals surface area contributed by atoms with Gasteiger partial charge in [0.05, 0.1) is 18.8 Å². The highest BCUT2D eigenvalue weighted by molar-refractivity contribution is 5.72. The molecule has 0 fully saturated rings. The zero-order valence-corrected chi connectivity index (χ0v) is 12.4. The summed E-state index contributed by atoms with van der Waals surface area (Å²) in [6.07, 6.45) is 1.90. The molecular weight excluding hydrogens is 252 g/mol. The van der Waals surface area contributed by atoms with E-state index < -0.39 is 0 Å². The first kappa shape index (κ1) is 14.2. The molecule has 2 rings (SSSR count). The Balaban J connectivity index is 2.14. The van der Waals surface area contributed by atoms with Crippen molar-refractivity contribution in [1.82, 2.24) is 19.9 Å². The minimum absolute atomic E-state index is 0.0197. The molecule has 1 heterocycles. The molecule has 0 spiro atoms. The van der Waals surface area contributed by atoms with E-state index in [1.165, 1.54) is 11.1 Å². The maximum atomic E-state index is 11.2. The zero-order valence-electron chi connectivity index (χ0n) is 12.4. The summed E-state index contributed by atoms with van der Waals surface area (Å²) >= 11 is 0. The fourth-order valence-corrected chi connectivity index (χ4v) is 2.01. The molecule has 0 bridgehead atoms. The quantitative estimate of drug-likeness (QED) is 0.857. The summed E-state index contributed by atoms with van der Waals surface area (Å²) in [6.45, 7) is 6.18. The summed E-state index contributed by atoms with van der Waals surface area (Å²) in [5, 5.41) is 8.29. The number of nitrogens with zero attached hydrogens (tertiary/aromatic N) is 4. The number of aromatic nitrogens is 3. The molecule has 20 heavy (non-hydrogen) atoms. The maximum Gasteiger partial charge on any atom is 0.219 e. The van der Waals surface area contributed by atoms with Gasteiger partial charge in [0, 0.05) is 14.0 Å². The minimum atomic E-state index is 0.0197. The van der Waals surface area contributed by atoms with Crippen LogP contribution < -0.4 is 0 Å². The van der Waals surface area contributed by atoms with E-state index in [2.05, 4.69) is 42.4 Å². The third kappa shape index (κ3) is 3.23. The number of rotatable bonds is 4. The Bertz CT molecular complexity index is 605. The average Bonchev–Trinajstić information content (AvgIpc) is 2.86. The third-order valence-corrected chi connectivity index (χ3v) is 3.42. The molecule has 2 aromatic rings. The second-order valence-electron chi connectivity index (χ2n) is 5.16. The summed E-state index contributed by atoms with van der Waals surface area (Å²) in [7, 11) is 1.76. The van der Waals surface area contributed by atoms with Crippen molar-refractivity contribution in [2.45, 2.75) is 33.4 Å². The topological polar surface area (TPSA) is 51.0 Å². The van der Waals surface area contributed by atoms with Gasteiger partial charge in [-0.2, -0.15) is 0 Å². The number of amides is 1. The second kappa shape index (κ2) is 5.86. The highest BCUT2D eigenvalue weighted by Gasteiger charge is 2.12. The van der Waals surface area contributed by atoms with E-state index >= 15 is 0 Å². The van der Waals surface area contributed by atoms with Crippen molar-refractivity contribution < 1.29 is 4.79 Å². The molecule has 1 amide bonds. The largest absolute Gasteiger partial charge is 0.340 e. The Morgan fingerprint density at radius 2 is 2.20 bits per heavy atom. The monoisotopic (exact) mass is 272 g/mol. The van der Waals surface area contributed by atoms with Gasteiger partial charge in [-0.1, -0.05) is 35.0 Å². The third-order valence-electron chi connectivity index (χ3n) is 3.42. The summed E-state index contributed by atoms with van der Waals surface area (Å²) in [5.74, 6) is 0.0197. The first-order valence-corrected chi connectivity index (χ1v) is 6.66. The van der Waals surface area contributed by atoms with Gasteiger partial charge in [-0.05, 0) is 19.4 Å². The molecule has 106 valence electrons. The average molecular weight is 272 g/mol. The Morgan fingerprint density at radius 3 is 2.85 bits per heavy atom. The van der Waals surface area contributed by atoms with E-state index in [0.717, 1.165) is 5.69 Å². The maximum absolute atomic E-state index is 11.2. The van der Waals surface area contributed by atoms with Crippen LogP contribution in [0, 0.1) is 6.92 Å². The molecule has 0 radical (unpaired) electrons. The van der Waals surface area contributed by atoms with E-state index in [1.54, 1.807) is 18.9 Å². The smallest absolute Gasteiger partial charge is 0.219 e. The van der Waals surface area contributed by atoms with E-state index in [-0.39, 0.29) is 11.9 Å². The lowest BCUT2D eigenvalue weighted by molar-refractivity contribution is -0.128. The summed E-state index contributed by atoms with van der Waals surface area (Å²) < 4.78 is 1.83. The van der Waals surface area contributed by atoms with Crippen LogP contribution in [-0.4, -0.2) is 32.8 Å². The lowest BCUT2D eigenvalue weighted by Gasteiger charge is -2.13. The van der Waals surface area contributed by atoms with Crippen molar-refractivity contribution in [2.75, 3.05) is 7.05 Å². The SMILES string of the molecule is CC(=O)N(C)Cc1cn(C(C)c2cccc(C)c2)nn1. The lowest BCUT2D eigenvalue weighted by atomic mass is 10.1. The molecular formula is C15H20N4O. The number of carbonyl (C=O) groups is 1. The summed E-state index contributed by atoms with van der Waals surface area (Å²) in [5.41, 5.74) is 3.22. The van der Waals surface area contributed by atoms with Gasteiger partial charge in [-0.3, -0.25) is 4.79 Å². The molecule has 0 saturated heterocycles. The van der Waals surface area contributed by atoms with Crippen molar-refractivity contribution in [3.05, 3.63) is 47.3 Å². The highest BCUT2D eigenvalue weighted by Crippen LogP contribution is 2.18. The van der Waals surface area contributed by atoms with E-state index in [9.17, 15) is 4.79 Å². The number of benzene rings is 1. The van der Waals surface area contributed by atoms with Crippen LogP contribution in [0.25, 0.3) is 0 Å². The molecule has 1 unspecified atom stereocenters. The molecule has 5 nitrogen and oxygen atoms in total. The van der Waals surface area contributed by atoms with E-state index in [4.69, 9.17) is 0 Å². The predicted octanol–water partition coefficient (Wildman–Crippen LogP) is 2.17. The second-order valence-corrected chi connectivity index (χ2v) is 5.16. The molecule has 0 aliphatic heterocycles. The Hall–Kier alpha value is -2.17. The van der Waals surface area contributed by atoms with Crippen molar-refractivity contribution in [1.29, 1.82) is 0 Å². The summed E-state index contributed by atoms with van der Waals surface area (Å²) in [4.78, 5) is 12.8. The fraction of sp³-hybridized carbons (Fsp3) is 0.400. The lowest BCUT2D eigenvalue weighted by Crippen LogP contribution is -2.23. The Morgan fingerprint density at radius 1 is 1.45 bits per heavy atom. The number of carbonyl (C=O) groups excluding carboxylic acids is 1. The van der Waals surface area contributed by atoms with E-state index in [1.807, 2.05) is 16.9 Å². The molecule has 0 aliphatic rings. The molecule has 1 atom stereocenters. The van der Waals surface area contributed by atoms with Gasteiger partial charge in [-0.25, -0.2) is 4.68 Å². The standard InChI is InChI=1S/C15H20N4O/c1-11-6-5-7-14(8-11)12(2)19-10-15(16-17-19)9-18(4)13(3)20/h5-8,10,12H,9H2,1-4H3. The van der Waals surface area contributed by atoms with Crippen molar-refractivity contribution in [3.8, 4) is 0 Å². The summed E-state index contributed by atoms with van der Waals surface area (Å²) in [6, 6.07) is 8.47. The van der Waals surface area contributed by atoms with Gasteiger partial charge >= 0.3 is 0 Å². The number of hydrogen-bond acceptors (Lipinski definition) is 3. The van der Waals surface area contributed by atoms with Crippen LogP contribution in [0.3, 0.4) is 0 Å². The van der Waals surface area contributed by atoms with Crippen LogP contribution in [0.15, 0.2) is 30.5 Å². The molecule has 5 heteroatoms. The number of aryl methyl sites for hydroxylation is 1. The van der Waals surface area contributed by atoms with Crippen molar-refractivity contribution in [2.24, 2.45) is 0 Å². The van der Waals surface area contributed by atoms with Crippen LogP contribution in [0.2, 0.25) is 0 Å². The Kier molecular flexibility index (Phi) is 4.17. The van der Waals surface area contributed by atoms with Gasteiger partial charge in [0.2, 0.25) is 5.91 Å². The van der Waals surface area contributed by atoms with Crippen molar-refractivity contribution >= 4 is 5.91 Å². The van der Waals surface area contributed by atoms with Crippen LogP contribution in [0.4, 0.5) is 0 Å². The fourth-order valence-electron chi connectivity index (χ4n) is 2.01. The van der Waals surface area contributed by atoms with Gasteiger partial charge in [0.1, 0.15) is 5.69 Å². The zero-order chi connectivity index (χ0) is 14.7. The van der Waals surface area contributed by atoms with Gasteiger partial charge < -0.3 is 4.90 Å². The predicted molar refractivity (Wildman–Crippen MR) is 77.2 cm³/mol. The first-order valence-electron chi connectivity index (χ1n) is 6.66. The molecule has 1 aromatic carbocycles. The van der Waals surface area contributed by atoms with Crippen LogP contribution >= 0.6 is 0 Å². The molecule has 0 aliphatic carbocycles. The van der Waals surface area contributed by atoms with Gasteiger partial charge in [0.25, 0.3) is 0 Å². The number of hydrogen-bond donors (Lipinski definition) is 0. The van der Waals surface area contributed by atoms with Crippen LogP contribution in [0.1, 0.15) is 36.7 Å². The molecule has 0 saturated carbocycles. The van der Waals surface area contributed by atoms with Crippen molar-refractivity contribution in [3.63, 3.8) is 0 Å². The molecule has 1 aromatic heterocycles. The van der Waals surface area contributed by atoms with Crippen LogP contribution in [0.5, 0.6) is 0 Å². The first-order chi connectivity index (χ1) is 9.47. The Labute approximate surface area is 119 Å². The highest BCUT2D eigenvalue weighted by atomic mass is 16.2. The van der Waals surface area contributed by atoms with Crippen LogP contribution in [-0.2, 0) is 11.3 Å². The van der Waals surface area contributed by atoms with Gasteiger partial charge in [-0.15, -0.1) is 5.10 Å².